The fourth-order valence-electron chi connectivity index (χ4n) is 1.04. The van der Waals surface area contributed by atoms with E-state index in [1.165, 1.54) is 7.05 Å². The van der Waals surface area contributed by atoms with Gasteiger partial charge in [-0.2, -0.15) is 0 Å². The number of carbonyl (C=O) groups is 1. The minimum absolute atomic E-state index is 0.282. The predicted molar refractivity (Wildman–Crippen MR) is 57.0 cm³/mol. The second kappa shape index (κ2) is 4.45. The van der Waals surface area contributed by atoms with Crippen LogP contribution in [0.4, 0.5) is 0 Å². The van der Waals surface area contributed by atoms with Gasteiger partial charge in [-0.3, -0.25) is 15.1 Å². The molecule has 0 aliphatic heterocycles. The zero-order chi connectivity index (χ0) is 11.4. The molecule has 0 radical (unpaired) electrons. The van der Waals surface area contributed by atoms with Crippen molar-refractivity contribution in [1.29, 1.82) is 5.41 Å². The fraction of sp³-hybridized carbons (Fsp3) is 0.200. The second-order valence-corrected chi connectivity index (χ2v) is 2.98. The molecule has 0 atom stereocenters. The number of nitrogens with zero attached hydrogens (tertiary/aromatic N) is 1. The molecular formula is C10H13N3O2. The zero-order valence-corrected chi connectivity index (χ0v) is 8.65. The van der Waals surface area contributed by atoms with Crippen molar-refractivity contribution in [2.24, 2.45) is 5.73 Å². The number of carbonyl (C=O) groups excluding carboxylic acids is 1. The SMILES string of the molecule is COc1ccc(C(=O)N(C)C(=N)N)cc1. The van der Waals surface area contributed by atoms with E-state index in [2.05, 4.69) is 0 Å². The van der Waals surface area contributed by atoms with Gasteiger partial charge in [-0.15, -0.1) is 0 Å². The molecule has 0 bridgehead atoms. The summed E-state index contributed by atoms with van der Waals surface area (Å²) in [6.07, 6.45) is 0. The largest absolute Gasteiger partial charge is 0.497 e. The maximum Gasteiger partial charge on any atom is 0.260 e. The number of hydrogen-bond donors (Lipinski definition) is 2. The van der Waals surface area contributed by atoms with Crippen LogP contribution in [-0.2, 0) is 0 Å². The van der Waals surface area contributed by atoms with Crippen molar-refractivity contribution >= 4 is 11.9 Å². The van der Waals surface area contributed by atoms with E-state index in [1.807, 2.05) is 0 Å². The van der Waals surface area contributed by atoms with Crippen LogP contribution in [0.3, 0.4) is 0 Å². The predicted octanol–water partition coefficient (Wildman–Crippen LogP) is 0.661. The molecule has 1 amide bonds. The van der Waals surface area contributed by atoms with Crippen molar-refractivity contribution in [3.05, 3.63) is 29.8 Å². The fourth-order valence-corrected chi connectivity index (χ4v) is 1.04. The van der Waals surface area contributed by atoms with Crippen LogP contribution in [0.2, 0.25) is 0 Å². The van der Waals surface area contributed by atoms with E-state index in [0.29, 0.717) is 11.3 Å². The molecule has 0 heterocycles. The molecule has 80 valence electrons. The van der Waals surface area contributed by atoms with Gasteiger partial charge in [-0.1, -0.05) is 0 Å². The van der Waals surface area contributed by atoms with Crippen LogP contribution in [0, 0.1) is 5.41 Å². The summed E-state index contributed by atoms with van der Waals surface area (Å²) in [5, 5.41) is 7.12. The van der Waals surface area contributed by atoms with E-state index >= 15 is 0 Å². The van der Waals surface area contributed by atoms with Crippen LogP contribution >= 0.6 is 0 Å². The Labute approximate surface area is 88.0 Å². The lowest BCUT2D eigenvalue weighted by atomic mass is 10.2. The molecule has 5 nitrogen and oxygen atoms in total. The summed E-state index contributed by atoms with van der Waals surface area (Å²) >= 11 is 0. The molecule has 0 saturated carbocycles. The Morgan fingerprint density at radius 2 is 1.93 bits per heavy atom. The average molecular weight is 207 g/mol. The first-order valence-electron chi connectivity index (χ1n) is 4.32. The highest BCUT2D eigenvalue weighted by molar-refractivity contribution is 6.04. The first kappa shape index (κ1) is 11.0. The van der Waals surface area contributed by atoms with Crippen molar-refractivity contribution in [3.63, 3.8) is 0 Å². The van der Waals surface area contributed by atoms with Crippen LogP contribution < -0.4 is 10.5 Å². The van der Waals surface area contributed by atoms with Crippen molar-refractivity contribution in [2.45, 2.75) is 0 Å². The van der Waals surface area contributed by atoms with Crippen molar-refractivity contribution < 1.29 is 9.53 Å². The lowest BCUT2D eigenvalue weighted by Gasteiger charge is -2.14. The Balaban J connectivity index is 2.87. The van der Waals surface area contributed by atoms with Crippen LogP contribution in [0.1, 0.15) is 10.4 Å². The maximum atomic E-state index is 11.7. The van der Waals surface area contributed by atoms with E-state index < -0.39 is 0 Å². The number of rotatable bonds is 2. The molecule has 15 heavy (non-hydrogen) atoms. The molecular weight excluding hydrogens is 194 g/mol. The van der Waals surface area contributed by atoms with E-state index in [9.17, 15) is 4.79 Å². The number of amides is 1. The number of methoxy groups -OCH3 is 1. The molecule has 5 heteroatoms. The summed E-state index contributed by atoms with van der Waals surface area (Å²) in [6, 6.07) is 6.61. The number of ether oxygens (including phenoxy) is 1. The highest BCUT2D eigenvalue weighted by Gasteiger charge is 2.13. The van der Waals surface area contributed by atoms with Crippen LogP contribution in [-0.4, -0.2) is 30.9 Å². The monoisotopic (exact) mass is 207 g/mol. The van der Waals surface area contributed by atoms with Gasteiger partial charge in [-0.05, 0) is 24.3 Å². The minimum Gasteiger partial charge on any atom is -0.497 e. The van der Waals surface area contributed by atoms with E-state index in [0.717, 1.165) is 4.90 Å². The molecule has 1 rings (SSSR count). The van der Waals surface area contributed by atoms with Gasteiger partial charge >= 0.3 is 0 Å². The Morgan fingerprint density at radius 1 is 1.40 bits per heavy atom. The van der Waals surface area contributed by atoms with Crippen molar-refractivity contribution in [3.8, 4) is 5.75 Å². The van der Waals surface area contributed by atoms with Gasteiger partial charge in [0.15, 0.2) is 5.96 Å². The number of benzene rings is 1. The molecule has 0 fully saturated rings. The Hall–Kier alpha value is -2.04. The zero-order valence-electron chi connectivity index (χ0n) is 8.65. The van der Waals surface area contributed by atoms with E-state index in [4.69, 9.17) is 15.9 Å². The molecule has 3 N–H and O–H groups in total. The third-order valence-electron chi connectivity index (χ3n) is 2.00. The van der Waals surface area contributed by atoms with Crippen LogP contribution in [0.25, 0.3) is 0 Å². The highest BCUT2D eigenvalue weighted by Crippen LogP contribution is 2.12. The van der Waals surface area contributed by atoms with E-state index in [-0.39, 0.29) is 11.9 Å². The van der Waals surface area contributed by atoms with Gasteiger partial charge in [0.2, 0.25) is 0 Å². The molecule has 0 aliphatic rings. The van der Waals surface area contributed by atoms with Crippen molar-refractivity contribution in [2.75, 3.05) is 14.2 Å². The number of hydrogen-bond acceptors (Lipinski definition) is 3. The summed E-state index contributed by atoms with van der Waals surface area (Å²) in [7, 11) is 3.01. The molecule has 0 aliphatic carbocycles. The summed E-state index contributed by atoms with van der Waals surface area (Å²) < 4.78 is 4.97. The van der Waals surface area contributed by atoms with Gasteiger partial charge in [0.05, 0.1) is 7.11 Å². The first-order chi connectivity index (χ1) is 7.06. The third kappa shape index (κ3) is 2.46. The molecule has 0 saturated heterocycles. The normalized spacial score (nSPS) is 9.47. The summed E-state index contributed by atoms with van der Waals surface area (Å²) in [5.41, 5.74) is 5.66. The molecule has 0 aromatic heterocycles. The number of nitrogens with two attached hydrogens (primary N) is 1. The Kier molecular flexibility index (Phi) is 3.28. The average Bonchev–Trinajstić information content (AvgIpc) is 2.27. The topological polar surface area (TPSA) is 79.4 Å². The van der Waals surface area contributed by atoms with Gasteiger partial charge in [0.1, 0.15) is 5.75 Å². The summed E-state index contributed by atoms with van der Waals surface area (Å²) in [5.74, 6) is 0.0815. The van der Waals surface area contributed by atoms with Gasteiger partial charge in [-0.25, -0.2) is 0 Å². The quantitative estimate of drug-likeness (QED) is 0.552. The maximum absolute atomic E-state index is 11.7. The summed E-state index contributed by atoms with van der Waals surface area (Å²) in [6.45, 7) is 0. The summed E-state index contributed by atoms with van der Waals surface area (Å²) in [4.78, 5) is 12.7. The van der Waals surface area contributed by atoms with Gasteiger partial charge < -0.3 is 10.5 Å². The van der Waals surface area contributed by atoms with Crippen LogP contribution in [0.5, 0.6) is 5.75 Å². The molecule has 1 aromatic carbocycles. The standard InChI is InChI=1S/C10H13N3O2/c1-13(10(11)12)9(14)7-3-5-8(15-2)6-4-7/h3-6H,1-2H3,(H3,11,12). The molecule has 1 aromatic rings. The number of nitrogens with one attached hydrogen (secondary N) is 1. The van der Waals surface area contributed by atoms with Gasteiger partial charge in [0, 0.05) is 12.6 Å². The Bertz CT molecular complexity index is 373. The highest BCUT2D eigenvalue weighted by atomic mass is 16.5. The lowest BCUT2D eigenvalue weighted by Crippen LogP contribution is -2.37. The first-order valence-corrected chi connectivity index (χ1v) is 4.32. The van der Waals surface area contributed by atoms with Crippen LogP contribution in [0.15, 0.2) is 24.3 Å². The minimum atomic E-state index is -0.315. The number of guanidine groups is 1. The smallest absolute Gasteiger partial charge is 0.260 e. The van der Waals surface area contributed by atoms with Crippen molar-refractivity contribution in [1.82, 2.24) is 4.90 Å². The Morgan fingerprint density at radius 3 is 2.33 bits per heavy atom. The van der Waals surface area contributed by atoms with E-state index in [1.54, 1.807) is 31.4 Å². The molecule has 0 spiro atoms. The van der Waals surface area contributed by atoms with Gasteiger partial charge in [0.25, 0.3) is 5.91 Å². The third-order valence-corrected chi connectivity index (χ3v) is 2.00. The second-order valence-electron chi connectivity index (χ2n) is 2.98. The molecule has 0 unspecified atom stereocenters. The lowest BCUT2D eigenvalue weighted by molar-refractivity contribution is 0.0869.